The Balaban J connectivity index is 0.974. The molecule has 0 aliphatic heterocycles. The Labute approximate surface area is 407 Å². The number of fused-ring (bicyclic) bond motifs is 17. The molecule has 13 aromatic rings. The van der Waals surface area contributed by atoms with E-state index in [0.29, 0.717) is 0 Å². The van der Waals surface area contributed by atoms with E-state index in [9.17, 15) is 0 Å². The van der Waals surface area contributed by atoms with Crippen molar-refractivity contribution in [2.45, 2.75) is 5.41 Å². The van der Waals surface area contributed by atoms with E-state index in [-0.39, 0.29) is 0 Å². The van der Waals surface area contributed by atoms with Gasteiger partial charge in [-0.25, -0.2) is 0 Å². The molecule has 2 aliphatic carbocycles. The Kier molecular flexibility index (Phi) is 8.35. The lowest BCUT2D eigenvalue weighted by Crippen LogP contribution is -2.26. The lowest BCUT2D eigenvalue weighted by atomic mass is 9.70. The van der Waals surface area contributed by atoms with Gasteiger partial charge in [0.2, 0.25) is 0 Å². The highest BCUT2D eigenvalue weighted by atomic mass is 32.1. The molecule has 0 atom stereocenters. The summed E-state index contributed by atoms with van der Waals surface area (Å²) in [5, 5.41) is 7.61. The molecule has 11 aromatic carbocycles. The van der Waals surface area contributed by atoms with Gasteiger partial charge in [0.05, 0.1) is 26.2 Å². The topological polar surface area (TPSA) is 6.48 Å². The molecule has 69 heavy (non-hydrogen) atoms. The summed E-state index contributed by atoms with van der Waals surface area (Å²) in [5.41, 5.74) is 16.8. The molecular formula is C65H40N2S2. The summed E-state index contributed by atoms with van der Waals surface area (Å²) in [5.74, 6) is 0. The smallest absolute Gasteiger partial charge is 0.0726 e. The minimum absolute atomic E-state index is 0.550. The highest BCUT2D eigenvalue weighted by Gasteiger charge is 2.52. The van der Waals surface area contributed by atoms with Gasteiger partial charge in [0, 0.05) is 53.7 Å². The summed E-state index contributed by atoms with van der Waals surface area (Å²) < 4.78 is 5.17. The van der Waals surface area contributed by atoms with Crippen LogP contribution in [0.25, 0.3) is 73.4 Å². The molecule has 0 unspecified atom stereocenters. The van der Waals surface area contributed by atoms with Crippen LogP contribution in [0.2, 0.25) is 0 Å². The largest absolute Gasteiger partial charge is 0.309 e. The standard InChI is InChI=1S/C65H40N2S2/c1-3-17-43(18-4-1)66(59-29-15-25-52-50-23-9-13-31-61(50)68-63(52)59)45-34-33-41-38-54-49-36-35-46(67(44-19-5-2-6-20-44)60-30-16-26-53-51-24-10-14-32-62(51)69-64(53)60)40-58(49)65(57(54)39-42(41)37-45)55-27-11-7-21-47(55)48-22-8-12-28-56(48)65/h1-40H. The SMILES string of the molecule is c1ccc(N(c2ccc3c(c2)C2(c4ccccc4-c4ccccc42)c2cc4cc(N(c5ccccc5)c5cccc6c5sc5ccccc56)ccc4cc2-3)c2cccc3c2sc2ccccc23)cc1. The second-order valence-electron chi connectivity index (χ2n) is 18.3. The first-order valence-electron chi connectivity index (χ1n) is 23.7. The Morgan fingerprint density at radius 2 is 0.739 bits per heavy atom. The minimum atomic E-state index is -0.550. The molecule has 2 heterocycles. The van der Waals surface area contributed by atoms with Crippen molar-refractivity contribution in [3.63, 3.8) is 0 Å². The van der Waals surface area contributed by atoms with Crippen LogP contribution in [-0.2, 0) is 5.41 Å². The Morgan fingerprint density at radius 1 is 0.275 bits per heavy atom. The van der Waals surface area contributed by atoms with E-state index in [2.05, 4.69) is 252 Å². The normalized spacial score (nSPS) is 13.0. The average Bonchev–Trinajstić information content (AvgIpc) is 4.15. The van der Waals surface area contributed by atoms with E-state index in [0.717, 1.165) is 22.7 Å². The first-order valence-corrected chi connectivity index (χ1v) is 25.3. The summed E-state index contributed by atoms with van der Waals surface area (Å²) in [7, 11) is 0. The fraction of sp³-hybridized carbons (Fsp3) is 0.0154. The summed E-state index contributed by atoms with van der Waals surface area (Å²) >= 11 is 3.75. The summed E-state index contributed by atoms with van der Waals surface area (Å²) in [6.07, 6.45) is 0. The third kappa shape index (κ3) is 5.53. The minimum Gasteiger partial charge on any atom is -0.309 e. The molecule has 0 radical (unpaired) electrons. The second kappa shape index (κ2) is 14.9. The highest BCUT2D eigenvalue weighted by Crippen LogP contribution is 2.64. The molecule has 322 valence electrons. The number of benzene rings is 11. The molecule has 0 saturated carbocycles. The van der Waals surface area contributed by atoms with Gasteiger partial charge in [0.15, 0.2) is 0 Å². The van der Waals surface area contributed by atoms with Gasteiger partial charge in [-0.15, -0.1) is 22.7 Å². The molecule has 0 bridgehead atoms. The van der Waals surface area contributed by atoms with Crippen LogP contribution in [0.1, 0.15) is 22.3 Å². The summed E-state index contributed by atoms with van der Waals surface area (Å²) in [4.78, 5) is 4.94. The van der Waals surface area contributed by atoms with Crippen molar-refractivity contribution in [2.75, 3.05) is 9.80 Å². The molecule has 0 fully saturated rings. The molecule has 0 N–H and O–H groups in total. The van der Waals surface area contributed by atoms with E-state index in [1.807, 2.05) is 22.7 Å². The number of anilines is 6. The van der Waals surface area contributed by atoms with Crippen LogP contribution in [0, 0.1) is 0 Å². The fourth-order valence-corrected chi connectivity index (χ4v) is 14.4. The maximum atomic E-state index is 2.53. The van der Waals surface area contributed by atoms with Crippen LogP contribution < -0.4 is 9.80 Å². The molecule has 2 nitrogen and oxygen atoms in total. The van der Waals surface area contributed by atoms with Gasteiger partial charge >= 0.3 is 0 Å². The van der Waals surface area contributed by atoms with E-state index in [1.54, 1.807) is 0 Å². The number of thiophene rings is 2. The van der Waals surface area contributed by atoms with Gasteiger partial charge in [-0.3, -0.25) is 0 Å². The van der Waals surface area contributed by atoms with Crippen molar-refractivity contribution in [3.8, 4) is 22.3 Å². The van der Waals surface area contributed by atoms with Gasteiger partial charge in [-0.2, -0.15) is 0 Å². The van der Waals surface area contributed by atoms with E-state index in [1.165, 1.54) is 107 Å². The van der Waals surface area contributed by atoms with Crippen LogP contribution in [0.5, 0.6) is 0 Å². The number of rotatable bonds is 6. The van der Waals surface area contributed by atoms with Crippen LogP contribution in [-0.4, -0.2) is 0 Å². The lowest BCUT2D eigenvalue weighted by Gasteiger charge is -2.32. The third-order valence-electron chi connectivity index (χ3n) is 14.8. The number of hydrogen-bond acceptors (Lipinski definition) is 4. The number of para-hydroxylation sites is 2. The summed E-state index contributed by atoms with van der Waals surface area (Å²) in [6, 6.07) is 90.6. The zero-order chi connectivity index (χ0) is 45.2. The highest BCUT2D eigenvalue weighted by molar-refractivity contribution is 7.26. The van der Waals surface area contributed by atoms with Crippen LogP contribution >= 0.6 is 22.7 Å². The Bertz CT molecular complexity index is 4180. The molecule has 0 amide bonds. The predicted octanol–water partition coefficient (Wildman–Crippen LogP) is 18.9. The van der Waals surface area contributed by atoms with Crippen LogP contribution in [0.4, 0.5) is 34.1 Å². The average molecular weight is 913 g/mol. The zero-order valence-corrected chi connectivity index (χ0v) is 38.9. The van der Waals surface area contributed by atoms with Crippen molar-refractivity contribution in [1.29, 1.82) is 0 Å². The van der Waals surface area contributed by atoms with Crippen LogP contribution in [0.15, 0.2) is 243 Å². The van der Waals surface area contributed by atoms with E-state index >= 15 is 0 Å². The van der Waals surface area contributed by atoms with Gasteiger partial charge < -0.3 is 9.80 Å². The monoisotopic (exact) mass is 912 g/mol. The van der Waals surface area contributed by atoms with Gasteiger partial charge in [-0.05, 0) is 140 Å². The quantitative estimate of drug-likeness (QED) is 0.164. The van der Waals surface area contributed by atoms with Gasteiger partial charge in [-0.1, -0.05) is 158 Å². The van der Waals surface area contributed by atoms with E-state index in [4.69, 9.17) is 0 Å². The molecule has 0 saturated heterocycles. The molecule has 4 heteroatoms. The number of hydrogen-bond donors (Lipinski definition) is 0. The molecule has 1 spiro atoms. The van der Waals surface area contributed by atoms with Crippen molar-refractivity contribution < 1.29 is 0 Å². The second-order valence-corrected chi connectivity index (χ2v) is 20.5. The van der Waals surface area contributed by atoms with Crippen molar-refractivity contribution >= 4 is 108 Å². The predicted molar refractivity (Wildman–Crippen MR) is 295 cm³/mol. The van der Waals surface area contributed by atoms with Gasteiger partial charge in [0.1, 0.15) is 0 Å². The lowest BCUT2D eigenvalue weighted by molar-refractivity contribution is 0.795. The van der Waals surface area contributed by atoms with Crippen molar-refractivity contribution in [2.24, 2.45) is 0 Å². The molecule has 15 rings (SSSR count). The third-order valence-corrected chi connectivity index (χ3v) is 17.2. The molecule has 2 aromatic heterocycles. The first-order chi connectivity index (χ1) is 34.2. The van der Waals surface area contributed by atoms with Crippen LogP contribution in [0.3, 0.4) is 0 Å². The fourth-order valence-electron chi connectivity index (χ4n) is 12.0. The summed E-state index contributed by atoms with van der Waals surface area (Å²) in [6.45, 7) is 0. The first kappa shape index (κ1) is 38.8. The molecular weight excluding hydrogens is 873 g/mol. The maximum Gasteiger partial charge on any atom is 0.0726 e. The number of nitrogens with zero attached hydrogens (tertiary/aromatic N) is 2. The maximum absolute atomic E-state index is 2.53. The Morgan fingerprint density at radius 3 is 1.33 bits per heavy atom. The molecule has 2 aliphatic rings. The van der Waals surface area contributed by atoms with E-state index < -0.39 is 5.41 Å². The van der Waals surface area contributed by atoms with Crippen molar-refractivity contribution in [3.05, 3.63) is 265 Å². The van der Waals surface area contributed by atoms with Crippen molar-refractivity contribution in [1.82, 2.24) is 0 Å². The zero-order valence-electron chi connectivity index (χ0n) is 37.3. The van der Waals surface area contributed by atoms with Gasteiger partial charge in [0.25, 0.3) is 0 Å². The Hall–Kier alpha value is -8.28.